The number of aromatic nitrogens is 3. The van der Waals surface area contributed by atoms with Crippen molar-refractivity contribution in [3.8, 4) is 11.3 Å². The highest BCUT2D eigenvalue weighted by Crippen LogP contribution is 2.19. The molecule has 0 spiro atoms. The Bertz CT molecular complexity index is 1340. The van der Waals surface area contributed by atoms with Crippen molar-refractivity contribution in [1.29, 1.82) is 0 Å². The van der Waals surface area contributed by atoms with Crippen LogP contribution in [0.3, 0.4) is 0 Å². The third-order valence-electron chi connectivity index (χ3n) is 6.27. The highest BCUT2D eigenvalue weighted by Gasteiger charge is 2.25. The Morgan fingerprint density at radius 1 is 1.11 bits per heavy atom. The summed E-state index contributed by atoms with van der Waals surface area (Å²) in [6.45, 7) is 3.88. The number of carbonyl (C=O) groups is 2. The molecule has 186 valence electrons. The summed E-state index contributed by atoms with van der Waals surface area (Å²) >= 11 is 0. The molecule has 36 heavy (non-hydrogen) atoms. The second-order valence-corrected chi connectivity index (χ2v) is 8.85. The van der Waals surface area contributed by atoms with Crippen LogP contribution in [-0.4, -0.2) is 51.3 Å². The van der Waals surface area contributed by atoms with Crippen molar-refractivity contribution in [3.05, 3.63) is 88.2 Å². The van der Waals surface area contributed by atoms with Crippen LogP contribution in [0, 0.1) is 0 Å². The van der Waals surface area contributed by atoms with E-state index in [-0.39, 0.29) is 22.9 Å². The first-order valence-electron chi connectivity index (χ1n) is 12.0. The summed E-state index contributed by atoms with van der Waals surface area (Å²) in [5, 5.41) is 3.08. The summed E-state index contributed by atoms with van der Waals surface area (Å²) in [7, 11) is 1.87. The highest BCUT2D eigenvalue weighted by molar-refractivity contribution is 6.07. The molecule has 1 amide bonds. The number of nitrogens with two attached hydrogens (primary N) is 1. The van der Waals surface area contributed by atoms with Gasteiger partial charge in [-0.05, 0) is 44.0 Å². The molecule has 9 nitrogen and oxygen atoms in total. The fourth-order valence-electron chi connectivity index (χ4n) is 4.22. The molecular weight excluding hydrogens is 456 g/mol. The van der Waals surface area contributed by atoms with Crippen molar-refractivity contribution in [2.75, 3.05) is 20.1 Å². The van der Waals surface area contributed by atoms with E-state index in [1.807, 2.05) is 31.3 Å². The van der Waals surface area contributed by atoms with Crippen LogP contribution < -0.4 is 16.6 Å². The van der Waals surface area contributed by atoms with Gasteiger partial charge < -0.3 is 20.5 Å². The Morgan fingerprint density at radius 2 is 1.83 bits per heavy atom. The summed E-state index contributed by atoms with van der Waals surface area (Å²) in [5.74, 6) is -0.464. The number of likely N-dealkylation sites (tertiary alicyclic amines) is 1. The maximum Gasteiger partial charge on any atom is 0.251 e. The van der Waals surface area contributed by atoms with Gasteiger partial charge in [-0.25, -0.2) is 4.98 Å². The molecule has 0 radical (unpaired) electrons. The van der Waals surface area contributed by atoms with Crippen molar-refractivity contribution in [3.63, 3.8) is 0 Å². The first-order chi connectivity index (χ1) is 17.4. The van der Waals surface area contributed by atoms with Gasteiger partial charge in [-0.3, -0.25) is 19.4 Å². The largest absolute Gasteiger partial charge is 0.398 e. The Kier molecular flexibility index (Phi) is 7.70. The minimum Gasteiger partial charge on any atom is -0.398 e. The minimum atomic E-state index is -0.643. The number of allylic oxidation sites excluding steroid dienone is 1. The van der Waals surface area contributed by atoms with Crippen LogP contribution in [0.5, 0.6) is 0 Å². The lowest BCUT2D eigenvalue weighted by atomic mass is 10.1. The number of nitrogens with one attached hydrogen (secondary N) is 1. The van der Waals surface area contributed by atoms with Gasteiger partial charge in [-0.2, -0.15) is 0 Å². The number of hydrogen-bond acceptors (Lipinski definition) is 7. The fraction of sp³-hybridized carbons (Fsp3) is 0.296. The maximum absolute atomic E-state index is 12.9. The van der Waals surface area contributed by atoms with Crippen LogP contribution in [-0.2, 0) is 11.3 Å². The summed E-state index contributed by atoms with van der Waals surface area (Å²) < 4.78 is 1.40. The van der Waals surface area contributed by atoms with Crippen molar-refractivity contribution in [2.24, 2.45) is 5.73 Å². The van der Waals surface area contributed by atoms with E-state index in [0.717, 1.165) is 30.5 Å². The second-order valence-electron chi connectivity index (χ2n) is 8.85. The van der Waals surface area contributed by atoms with Crippen LogP contribution in [0.25, 0.3) is 17.0 Å². The molecule has 1 fully saturated rings. The van der Waals surface area contributed by atoms with E-state index >= 15 is 0 Å². The lowest BCUT2D eigenvalue weighted by Crippen LogP contribution is -2.37. The van der Waals surface area contributed by atoms with Crippen LogP contribution in [0.15, 0.2) is 65.9 Å². The average Bonchev–Trinajstić information content (AvgIpc) is 3.44. The van der Waals surface area contributed by atoms with Gasteiger partial charge in [-0.15, -0.1) is 0 Å². The normalized spacial score (nSPS) is 14.6. The molecule has 1 unspecified atom stereocenters. The number of benzene rings is 1. The number of pyridine rings is 1. The minimum absolute atomic E-state index is 0.0821. The van der Waals surface area contributed by atoms with E-state index in [2.05, 4.69) is 15.3 Å². The molecule has 1 atom stereocenters. The van der Waals surface area contributed by atoms with Crippen LogP contribution >= 0.6 is 0 Å². The zero-order chi connectivity index (χ0) is 25.7. The zero-order valence-electron chi connectivity index (χ0n) is 20.5. The molecule has 1 aliphatic rings. The first kappa shape index (κ1) is 25.0. The lowest BCUT2D eigenvalue weighted by molar-refractivity contribution is -0.133. The van der Waals surface area contributed by atoms with Gasteiger partial charge in [0.05, 0.1) is 18.1 Å². The third kappa shape index (κ3) is 5.58. The number of nitrogens with zero attached hydrogens (tertiary/aromatic N) is 4. The third-order valence-corrected chi connectivity index (χ3v) is 6.27. The van der Waals surface area contributed by atoms with Crippen LogP contribution in [0.4, 0.5) is 0 Å². The molecule has 3 heterocycles. The van der Waals surface area contributed by atoms with Gasteiger partial charge in [-0.1, -0.05) is 24.3 Å². The monoisotopic (exact) mass is 486 g/mol. The molecule has 2 aromatic heterocycles. The van der Waals surface area contributed by atoms with E-state index in [1.54, 1.807) is 24.1 Å². The number of rotatable bonds is 8. The molecule has 0 saturated carbocycles. The van der Waals surface area contributed by atoms with Crippen molar-refractivity contribution < 1.29 is 9.59 Å². The summed E-state index contributed by atoms with van der Waals surface area (Å²) in [6, 6.07) is 9.99. The van der Waals surface area contributed by atoms with Crippen LogP contribution in [0.1, 0.15) is 47.4 Å². The standard InChI is InChI=1S/C27H30N6O3/c1-18(27(36)32-11-3-4-12-32)33-17-21(9-10-26(33)35)23-15-30-16-24(31-23)25(34)13-22(28)20-7-5-19(6-8-20)14-29-2/h5-10,13,15-18,29H,3-4,11-12,14,28H2,1-2H3. The molecule has 9 heteroatoms. The van der Waals surface area contributed by atoms with Gasteiger partial charge in [0.1, 0.15) is 11.7 Å². The molecule has 3 aromatic rings. The fourth-order valence-corrected chi connectivity index (χ4v) is 4.22. The quantitative estimate of drug-likeness (QED) is 0.370. The van der Waals surface area contributed by atoms with Crippen molar-refractivity contribution >= 4 is 17.4 Å². The lowest BCUT2D eigenvalue weighted by Gasteiger charge is -2.22. The summed E-state index contributed by atoms with van der Waals surface area (Å²) in [6.07, 6.45) is 7.77. The molecule has 1 saturated heterocycles. The van der Waals surface area contributed by atoms with Gasteiger partial charge >= 0.3 is 0 Å². The number of ketones is 1. The Labute approximate surface area is 209 Å². The van der Waals surface area contributed by atoms with Crippen molar-refractivity contribution in [2.45, 2.75) is 32.4 Å². The predicted molar refractivity (Wildman–Crippen MR) is 138 cm³/mol. The molecule has 3 N–H and O–H groups in total. The van der Waals surface area contributed by atoms with E-state index < -0.39 is 6.04 Å². The van der Waals surface area contributed by atoms with E-state index in [1.165, 1.54) is 29.1 Å². The Balaban J connectivity index is 1.56. The molecule has 1 aliphatic heterocycles. The molecular formula is C27H30N6O3. The Hall–Kier alpha value is -4.11. The van der Waals surface area contributed by atoms with E-state index in [4.69, 9.17) is 5.73 Å². The number of hydrogen-bond donors (Lipinski definition) is 2. The summed E-state index contributed by atoms with van der Waals surface area (Å²) in [4.78, 5) is 48.6. The summed E-state index contributed by atoms with van der Waals surface area (Å²) in [5.41, 5.74) is 9.16. The molecule has 0 aliphatic carbocycles. The van der Waals surface area contributed by atoms with Gasteiger partial charge in [0.25, 0.3) is 5.56 Å². The maximum atomic E-state index is 12.9. The molecule has 1 aromatic carbocycles. The topological polar surface area (TPSA) is 123 Å². The van der Waals surface area contributed by atoms with E-state index in [9.17, 15) is 14.4 Å². The molecule has 4 rings (SSSR count). The first-order valence-corrected chi connectivity index (χ1v) is 12.0. The molecule has 0 bridgehead atoms. The van der Waals surface area contributed by atoms with Crippen LogP contribution in [0.2, 0.25) is 0 Å². The zero-order valence-corrected chi connectivity index (χ0v) is 20.5. The number of amides is 1. The van der Waals surface area contributed by atoms with Gasteiger partial charge in [0.15, 0.2) is 0 Å². The smallest absolute Gasteiger partial charge is 0.251 e. The second kappa shape index (κ2) is 11.1. The average molecular weight is 487 g/mol. The predicted octanol–water partition coefficient (Wildman–Crippen LogP) is 2.39. The van der Waals surface area contributed by atoms with Crippen molar-refractivity contribution in [1.82, 2.24) is 24.8 Å². The van der Waals surface area contributed by atoms with Gasteiger partial charge in [0.2, 0.25) is 11.7 Å². The highest BCUT2D eigenvalue weighted by atomic mass is 16.2. The van der Waals surface area contributed by atoms with Gasteiger partial charge in [0, 0.05) is 49.2 Å². The van der Waals surface area contributed by atoms with E-state index in [0.29, 0.717) is 30.0 Å². The Morgan fingerprint density at radius 3 is 2.53 bits per heavy atom. The number of carbonyl (C=O) groups excluding carboxylic acids is 2. The SMILES string of the molecule is CNCc1ccc(C(N)=CC(=O)c2cncc(-c3ccc(=O)n(C(C)C(=O)N4CCCC4)c3)n2)cc1.